The van der Waals surface area contributed by atoms with Gasteiger partial charge in [-0.2, -0.15) is 0 Å². The molecule has 0 amide bonds. The Morgan fingerprint density at radius 2 is 1.66 bits per heavy atom. The molecule has 5 aliphatic carbocycles. The Balaban J connectivity index is 1.31. The van der Waals surface area contributed by atoms with E-state index in [9.17, 15) is 14.7 Å². The zero-order valence-corrected chi connectivity index (χ0v) is 24.6. The van der Waals surface area contributed by atoms with Crippen LogP contribution in [-0.4, -0.2) is 47.1 Å². The third-order valence-corrected chi connectivity index (χ3v) is 14.7. The van der Waals surface area contributed by atoms with Gasteiger partial charge in [-0.3, -0.25) is 9.59 Å². The van der Waals surface area contributed by atoms with Crippen molar-refractivity contribution in [2.45, 2.75) is 130 Å². The van der Waals surface area contributed by atoms with Gasteiger partial charge in [0.15, 0.2) is 0 Å². The SMILES string of the molecule is CC(=O)O[C@H]1C(O)C[C@@]2(C)C(CC[C@]3(C)[C@@H]2C2OC2[C@@H]2[C@H]4[C@]5(CC[C@@H](C)[C@@]4(C)OC5=O)CC[C@]23C)C1(C)C. The van der Waals surface area contributed by atoms with E-state index < -0.39 is 17.8 Å². The number of carbonyl (C=O) groups excluding carboxylic acids is 2. The molecule has 14 atom stereocenters. The van der Waals surface area contributed by atoms with Gasteiger partial charge in [0.05, 0.1) is 23.7 Å². The van der Waals surface area contributed by atoms with Gasteiger partial charge in [0, 0.05) is 24.2 Å². The highest BCUT2D eigenvalue weighted by atomic mass is 16.6. The van der Waals surface area contributed by atoms with Crippen molar-refractivity contribution in [1.82, 2.24) is 0 Å². The predicted octanol–water partition coefficient (Wildman–Crippen LogP) is 5.29. The van der Waals surface area contributed by atoms with Crippen LogP contribution in [0.15, 0.2) is 0 Å². The van der Waals surface area contributed by atoms with Gasteiger partial charge in [-0.05, 0) is 85.9 Å². The minimum absolute atomic E-state index is 0.0333. The van der Waals surface area contributed by atoms with Gasteiger partial charge >= 0.3 is 11.9 Å². The van der Waals surface area contributed by atoms with E-state index in [2.05, 4.69) is 48.5 Å². The van der Waals surface area contributed by atoms with Crippen LogP contribution in [0, 0.1) is 56.7 Å². The van der Waals surface area contributed by atoms with Crippen molar-refractivity contribution in [2.75, 3.05) is 0 Å². The first-order valence-corrected chi connectivity index (χ1v) is 15.3. The van der Waals surface area contributed by atoms with Crippen molar-refractivity contribution >= 4 is 11.9 Å². The summed E-state index contributed by atoms with van der Waals surface area (Å²) in [6.45, 7) is 17.8. The first-order valence-electron chi connectivity index (χ1n) is 15.3. The summed E-state index contributed by atoms with van der Waals surface area (Å²) < 4.78 is 19.0. The Hall–Kier alpha value is -1.14. The van der Waals surface area contributed by atoms with Gasteiger partial charge in [-0.15, -0.1) is 0 Å². The van der Waals surface area contributed by atoms with Crippen LogP contribution in [0.25, 0.3) is 0 Å². The molecule has 6 heteroatoms. The second-order valence-electron chi connectivity index (χ2n) is 16.3. The van der Waals surface area contributed by atoms with E-state index in [0.717, 1.165) is 38.5 Å². The lowest BCUT2D eigenvalue weighted by Gasteiger charge is -2.72. The van der Waals surface area contributed by atoms with Gasteiger partial charge in [0.2, 0.25) is 0 Å². The Morgan fingerprint density at radius 1 is 0.947 bits per heavy atom. The largest absolute Gasteiger partial charge is 0.459 e. The van der Waals surface area contributed by atoms with Crippen LogP contribution in [0.4, 0.5) is 0 Å². The highest BCUT2D eigenvalue weighted by molar-refractivity contribution is 5.81. The molecule has 2 heterocycles. The lowest BCUT2D eigenvalue weighted by Crippen LogP contribution is -2.71. The van der Waals surface area contributed by atoms with Gasteiger partial charge in [0.1, 0.15) is 11.7 Å². The van der Waals surface area contributed by atoms with E-state index in [4.69, 9.17) is 14.2 Å². The Labute approximate surface area is 227 Å². The van der Waals surface area contributed by atoms with Crippen LogP contribution in [0.5, 0.6) is 0 Å². The maximum Gasteiger partial charge on any atom is 0.313 e. The summed E-state index contributed by atoms with van der Waals surface area (Å²) in [7, 11) is 0. The zero-order chi connectivity index (χ0) is 27.4. The zero-order valence-electron chi connectivity index (χ0n) is 24.6. The van der Waals surface area contributed by atoms with Crippen molar-refractivity contribution in [3.8, 4) is 0 Å². The minimum atomic E-state index is -0.685. The van der Waals surface area contributed by atoms with Crippen LogP contribution >= 0.6 is 0 Å². The molecule has 1 N–H and O–H groups in total. The third kappa shape index (κ3) is 2.65. The standard InChI is InChI=1S/C32H48O6/c1-16-9-12-32-14-13-29(6)20(23(32)31(16,8)38-26(32)35)21-22(37-21)24-28(5)15-18(34)25(36-17(2)33)27(3,4)19(28)10-11-30(24,29)7/h16,18-25,34H,9-15H2,1-8H3/t16-,18?,19?,20-,21?,22?,23-,24-,25+,28+,29-,30-,31-,32+/m1/s1. The van der Waals surface area contributed by atoms with Gasteiger partial charge in [-0.25, -0.2) is 0 Å². The number of aliphatic hydroxyl groups excluding tert-OH is 1. The maximum absolute atomic E-state index is 13.6. The third-order valence-electron chi connectivity index (χ3n) is 14.7. The molecule has 7 aliphatic rings. The van der Waals surface area contributed by atoms with Crippen LogP contribution < -0.4 is 0 Å². The van der Waals surface area contributed by atoms with E-state index in [-0.39, 0.29) is 57.1 Å². The molecule has 38 heavy (non-hydrogen) atoms. The number of aliphatic hydroxyl groups is 1. The summed E-state index contributed by atoms with van der Waals surface area (Å²) in [6.07, 6.45) is 5.92. The molecule has 0 aromatic rings. The van der Waals surface area contributed by atoms with Crippen LogP contribution in [0.1, 0.15) is 100 Å². The highest BCUT2D eigenvalue weighted by Crippen LogP contribution is 2.81. The van der Waals surface area contributed by atoms with E-state index in [1.807, 2.05) is 0 Å². The minimum Gasteiger partial charge on any atom is -0.459 e. The summed E-state index contributed by atoms with van der Waals surface area (Å²) in [6, 6.07) is 0. The highest BCUT2D eigenvalue weighted by Gasteiger charge is 2.83. The molecule has 212 valence electrons. The quantitative estimate of drug-likeness (QED) is 0.368. The van der Waals surface area contributed by atoms with Crippen LogP contribution in [0.2, 0.25) is 0 Å². The summed E-state index contributed by atoms with van der Waals surface area (Å²) in [5, 5.41) is 11.5. The van der Waals surface area contributed by atoms with Crippen LogP contribution in [0.3, 0.4) is 0 Å². The lowest BCUT2D eigenvalue weighted by molar-refractivity contribution is -0.263. The first-order chi connectivity index (χ1) is 17.6. The van der Waals surface area contributed by atoms with Crippen molar-refractivity contribution < 1.29 is 28.9 Å². The molecule has 2 bridgehead atoms. The number of epoxide rings is 1. The molecule has 6 nitrogen and oxygen atoms in total. The molecule has 7 rings (SSSR count). The number of ether oxygens (including phenoxy) is 3. The van der Waals surface area contributed by atoms with Crippen molar-refractivity contribution in [1.29, 1.82) is 0 Å². The molecular formula is C32H48O6. The summed E-state index contributed by atoms with van der Waals surface area (Å²) in [5.41, 5.74) is -1.14. The fraction of sp³-hybridized carbons (Fsp3) is 0.938. The van der Waals surface area contributed by atoms with Crippen molar-refractivity contribution in [3.63, 3.8) is 0 Å². The fourth-order valence-electron chi connectivity index (χ4n) is 12.9. The van der Waals surface area contributed by atoms with Gasteiger partial charge < -0.3 is 19.3 Å². The molecule has 0 radical (unpaired) electrons. The number of hydrogen-bond donors (Lipinski definition) is 1. The predicted molar refractivity (Wildman–Crippen MR) is 141 cm³/mol. The molecule has 0 aromatic carbocycles. The van der Waals surface area contributed by atoms with Gasteiger partial charge in [-0.1, -0.05) is 41.5 Å². The number of carbonyl (C=O) groups is 2. The van der Waals surface area contributed by atoms with Crippen LogP contribution in [-0.2, 0) is 23.8 Å². The number of fused-ring (bicyclic) bond motifs is 8. The number of esters is 2. The topological polar surface area (TPSA) is 85.4 Å². The molecule has 0 spiro atoms. The van der Waals surface area contributed by atoms with E-state index >= 15 is 0 Å². The van der Waals surface area contributed by atoms with E-state index in [0.29, 0.717) is 30.1 Å². The van der Waals surface area contributed by atoms with Crippen molar-refractivity contribution in [2.24, 2.45) is 56.7 Å². The number of hydrogen-bond acceptors (Lipinski definition) is 6. The average Bonchev–Trinajstić information content (AvgIpc) is 3.55. The second kappa shape index (κ2) is 7.19. The molecule has 0 aromatic heterocycles. The molecule has 2 saturated heterocycles. The summed E-state index contributed by atoms with van der Waals surface area (Å²) >= 11 is 0. The summed E-state index contributed by atoms with van der Waals surface area (Å²) in [4.78, 5) is 25.5. The molecule has 5 saturated carbocycles. The second-order valence-corrected chi connectivity index (χ2v) is 16.3. The fourth-order valence-corrected chi connectivity index (χ4v) is 12.9. The van der Waals surface area contributed by atoms with E-state index in [1.165, 1.54) is 6.92 Å². The first kappa shape index (κ1) is 25.8. The molecule has 2 aliphatic heterocycles. The average molecular weight is 529 g/mol. The number of rotatable bonds is 1. The Bertz CT molecular complexity index is 1100. The smallest absolute Gasteiger partial charge is 0.313 e. The van der Waals surface area contributed by atoms with Crippen molar-refractivity contribution in [3.05, 3.63) is 0 Å². The Kier molecular flexibility index (Phi) is 4.88. The van der Waals surface area contributed by atoms with E-state index in [1.54, 1.807) is 0 Å². The van der Waals surface area contributed by atoms with Gasteiger partial charge in [0.25, 0.3) is 0 Å². The molecular weight excluding hydrogens is 480 g/mol. The normalized spacial score (nSPS) is 61.3. The lowest BCUT2D eigenvalue weighted by atomic mass is 9.31. The monoisotopic (exact) mass is 528 g/mol. The maximum atomic E-state index is 13.6. The molecule has 7 fully saturated rings. The molecule has 4 unspecified atom stereocenters. The summed E-state index contributed by atoms with van der Waals surface area (Å²) in [5.74, 6) is 1.28. The Morgan fingerprint density at radius 3 is 2.34 bits per heavy atom.